The molecule has 0 saturated carbocycles. The van der Waals surface area contributed by atoms with E-state index in [1.54, 1.807) is 0 Å². The quantitative estimate of drug-likeness (QED) is 0.276. The predicted molar refractivity (Wildman–Crippen MR) is 116 cm³/mol. The van der Waals surface area contributed by atoms with Crippen molar-refractivity contribution in [3.8, 4) is 0 Å². The Balaban J connectivity index is 1.81. The molecule has 0 heterocycles. The highest BCUT2D eigenvalue weighted by Crippen LogP contribution is 2.31. The van der Waals surface area contributed by atoms with Crippen molar-refractivity contribution in [1.82, 2.24) is 0 Å². The number of benzene rings is 5. The van der Waals surface area contributed by atoms with E-state index in [4.69, 9.17) is 0 Å². The maximum absolute atomic E-state index is 2.33. The second-order valence-electron chi connectivity index (χ2n) is 7.13. The Morgan fingerprint density at radius 1 is 0.538 bits per heavy atom. The standard InChI is InChI=1S/C26H20/c1-3-17(2)18-8-9-21-13-25-15-23-11-19-6-4-5-7-20(19)12-24(23)16-26(25)14-22(21)10-18/h3-16H,1-2H3. The summed E-state index contributed by atoms with van der Waals surface area (Å²) in [6.07, 6.45) is 2.17. The molecule has 5 rings (SSSR count). The first kappa shape index (κ1) is 15.2. The van der Waals surface area contributed by atoms with Crippen molar-refractivity contribution in [2.75, 3.05) is 0 Å². The number of fused-ring (bicyclic) bond motifs is 4. The van der Waals surface area contributed by atoms with Crippen molar-refractivity contribution in [2.45, 2.75) is 13.8 Å². The molecule has 0 aromatic heterocycles. The van der Waals surface area contributed by atoms with Gasteiger partial charge in [0, 0.05) is 0 Å². The molecule has 0 amide bonds. The number of rotatable bonds is 1. The van der Waals surface area contributed by atoms with Crippen LogP contribution in [0, 0.1) is 0 Å². The van der Waals surface area contributed by atoms with E-state index in [9.17, 15) is 0 Å². The third-order valence-corrected chi connectivity index (χ3v) is 5.50. The Hall–Kier alpha value is -3.12. The average molecular weight is 332 g/mol. The Bertz CT molecular complexity index is 1340. The second kappa shape index (κ2) is 5.71. The van der Waals surface area contributed by atoms with Gasteiger partial charge in [-0.3, -0.25) is 0 Å². The normalized spacial score (nSPS) is 12.5. The summed E-state index contributed by atoms with van der Waals surface area (Å²) in [5, 5.41) is 10.4. The summed E-state index contributed by atoms with van der Waals surface area (Å²) >= 11 is 0. The van der Waals surface area contributed by atoms with E-state index in [1.807, 2.05) is 0 Å². The van der Waals surface area contributed by atoms with Gasteiger partial charge in [0.15, 0.2) is 0 Å². The van der Waals surface area contributed by atoms with E-state index in [2.05, 4.69) is 98.8 Å². The van der Waals surface area contributed by atoms with Gasteiger partial charge in [0.1, 0.15) is 0 Å². The maximum Gasteiger partial charge on any atom is -0.0171 e. The van der Waals surface area contributed by atoms with Crippen molar-refractivity contribution in [1.29, 1.82) is 0 Å². The highest BCUT2D eigenvalue weighted by atomic mass is 14.1. The first-order chi connectivity index (χ1) is 12.7. The Labute approximate surface area is 153 Å². The molecule has 0 aliphatic heterocycles. The van der Waals surface area contributed by atoms with Crippen LogP contribution in [0.1, 0.15) is 19.4 Å². The molecule has 0 atom stereocenters. The van der Waals surface area contributed by atoms with Gasteiger partial charge in [-0.1, -0.05) is 42.5 Å². The molecule has 0 heteroatoms. The molecular weight excluding hydrogens is 312 g/mol. The summed E-state index contributed by atoms with van der Waals surface area (Å²) in [4.78, 5) is 0. The lowest BCUT2D eigenvalue weighted by Crippen LogP contribution is -1.83. The third kappa shape index (κ3) is 2.38. The van der Waals surface area contributed by atoms with E-state index in [0.29, 0.717) is 0 Å². The van der Waals surface area contributed by atoms with Crippen molar-refractivity contribution in [2.24, 2.45) is 0 Å². The summed E-state index contributed by atoms with van der Waals surface area (Å²) < 4.78 is 0. The molecule has 0 unspecified atom stereocenters. The molecule has 5 aromatic carbocycles. The fourth-order valence-electron chi connectivity index (χ4n) is 3.86. The zero-order chi connectivity index (χ0) is 17.7. The maximum atomic E-state index is 2.33. The molecule has 0 spiro atoms. The number of hydrogen-bond donors (Lipinski definition) is 0. The topological polar surface area (TPSA) is 0 Å². The minimum absolute atomic E-state index is 1.30. The van der Waals surface area contributed by atoms with Gasteiger partial charge >= 0.3 is 0 Å². The smallest absolute Gasteiger partial charge is 0.0171 e. The summed E-state index contributed by atoms with van der Waals surface area (Å²) in [6, 6.07) is 29.2. The molecule has 0 nitrogen and oxygen atoms in total. The van der Waals surface area contributed by atoms with E-state index >= 15 is 0 Å². The van der Waals surface area contributed by atoms with Gasteiger partial charge in [-0.25, -0.2) is 0 Å². The van der Waals surface area contributed by atoms with E-state index in [1.165, 1.54) is 54.2 Å². The largest absolute Gasteiger partial charge is 0.0841 e. The molecule has 0 saturated heterocycles. The first-order valence-corrected chi connectivity index (χ1v) is 9.15. The molecule has 0 radical (unpaired) electrons. The zero-order valence-electron chi connectivity index (χ0n) is 15.1. The van der Waals surface area contributed by atoms with Crippen LogP contribution >= 0.6 is 0 Å². The summed E-state index contributed by atoms with van der Waals surface area (Å²) in [7, 11) is 0. The van der Waals surface area contributed by atoms with Crippen LogP contribution in [0.4, 0.5) is 0 Å². The van der Waals surface area contributed by atoms with E-state index in [0.717, 1.165) is 0 Å². The summed E-state index contributed by atoms with van der Waals surface area (Å²) in [5.74, 6) is 0. The van der Waals surface area contributed by atoms with E-state index in [-0.39, 0.29) is 0 Å². The molecule has 26 heavy (non-hydrogen) atoms. The van der Waals surface area contributed by atoms with Gasteiger partial charge in [-0.2, -0.15) is 0 Å². The second-order valence-corrected chi connectivity index (χ2v) is 7.13. The molecule has 0 aliphatic rings. The SMILES string of the molecule is CC=C(C)c1ccc2cc3cc4cc5ccccc5cc4cc3cc2c1. The Morgan fingerprint density at radius 2 is 0.962 bits per heavy atom. The minimum atomic E-state index is 1.30. The molecule has 0 bridgehead atoms. The van der Waals surface area contributed by atoms with Crippen molar-refractivity contribution >= 4 is 48.7 Å². The molecule has 0 aliphatic carbocycles. The van der Waals surface area contributed by atoms with Crippen LogP contribution in [0.3, 0.4) is 0 Å². The molecule has 0 fully saturated rings. The summed E-state index contributed by atoms with van der Waals surface area (Å²) in [6.45, 7) is 4.26. The van der Waals surface area contributed by atoms with Crippen LogP contribution in [0.5, 0.6) is 0 Å². The Kier molecular flexibility index (Phi) is 3.33. The highest BCUT2D eigenvalue weighted by Gasteiger charge is 2.04. The van der Waals surface area contributed by atoms with Crippen LogP contribution in [0.2, 0.25) is 0 Å². The lowest BCUT2D eigenvalue weighted by Gasteiger charge is -2.08. The van der Waals surface area contributed by atoms with Crippen LogP contribution in [-0.4, -0.2) is 0 Å². The monoisotopic (exact) mass is 332 g/mol. The third-order valence-electron chi connectivity index (χ3n) is 5.50. The Morgan fingerprint density at radius 3 is 1.46 bits per heavy atom. The van der Waals surface area contributed by atoms with Crippen LogP contribution in [0.15, 0.2) is 84.9 Å². The fourth-order valence-corrected chi connectivity index (χ4v) is 3.86. The van der Waals surface area contributed by atoms with Gasteiger partial charge in [0.25, 0.3) is 0 Å². The summed E-state index contributed by atoms with van der Waals surface area (Å²) in [5.41, 5.74) is 2.61. The van der Waals surface area contributed by atoms with Crippen LogP contribution in [-0.2, 0) is 0 Å². The lowest BCUT2D eigenvalue weighted by atomic mass is 9.96. The van der Waals surface area contributed by atoms with Crippen molar-refractivity contribution in [3.05, 3.63) is 90.5 Å². The van der Waals surface area contributed by atoms with Crippen molar-refractivity contribution < 1.29 is 0 Å². The molecule has 124 valence electrons. The zero-order valence-corrected chi connectivity index (χ0v) is 15.1. The van der Waals surface area contributed by atoms with Gasteiger partial charge in [-0.15, -0.1) is 0 Å². The van der Waals surface area contributed by atoms with E-state index < -0.39 is 0 Å². The minimum Gasteiger partial charge on any atom is -0.0841 e. The van der Waals surface area contributed by atoms with Crippen molar-refractivity contribution in [3.63, 3.8) is 0 Å². The molecule has 0 N–H and O–H groups in total. The predicted octanol–water partition coefficient (Wildman–Crippen LogP) is 7.72. The van der Waals surface area contributed by atoms with Crippen LogP contribution < -0.4 is 0 Å². The highest BCUT2D eigenvalue weighted by molar-refractivity contribution is 6.08. The lowest BCUT2D eigenvalue weighted by molar-refractivity contribution is 1.57. The average Bonchev–Trinajstić information content (AvgIpc) is 2.68. The fraction of sp³-hybridized carbons (Fsp3) is 0.0769. The molecular formula is C26H20. The first-order valence-electron chi connectivity index (χ1n) is 9.15. The van der Waals surface area contributed by atoms with Gasteiger partial charge in [-0.05, 0) is 111 Å². The van der Waals surface area contributed by atoms with Gasteiger partial charge in [0.2, 0.25) is 0 Å². The molecule has 5 aromatic rings. The number of allylic oxidation sites excluding steroid dienone is 2. The van der Waals surface area contributed by atoms with Crippen LogP contribution in [0.25, 0.3) is 48.7 Å². The van der Waals surface area contributed by atoms with Gasteiger partial charge in [0.05, 0.1) is 0 Å². The van der Waals surface area contributed by atoms with Gasteiger partial charge < -0.3 is 0 Å². The number of hydrogen-bond acceptors (Lipinski definition) is 0.